The molecule has 0 aliphatic carbocycles. The molecule has 2 N–H and O–H groups in total. The molecule has 1 aromatic rings. The van der Waals surface area contributed by atoms with E-state index in [4.69, 9.17) is 0 Å². The Kier molecular flexibility index (Phi) is 4.94. The Labute approximate surface area is 116 Å². The van der Waals surface area contributed by atoms with Gasteiger partial charge < -0.3 is 10.4 Å². The average Bonchev–Trinajstić information content (AvgIpc) is 2.32. The van der Waals surface area contributed by atoms with Crippen LogP contribution < -0.4 is 5.32 Å². The lowest BCUT2D eigenvalue weighted by Gasteiger charge is -2.27. The van der Waals surface area contributed by atoms with Gasteiger partial charge in [0.1, 0.15) is 0 Å². The summed E-state index contributed by atoms with van der Waals surface area (Å²) in [6, 6.07) is 5.65. The first-order chi connectivity index (χ1) is 7.93. The minimum atomic E-state index is -0.552. The molecule has 0 saturated carbocycles. The highest BCUT2D eigenvalue weighted by Gasteiger charge is 2.24. The predicted molar refractivity (Wildman–Crippen MR) is 77.1 cm³/mol. The van der Waals surface area contributed by atoms with E-state index in [2.05, 4.69) is 27.9 Å². The highest BCUT2D eigenvalue weighted by atomic mass is 127. The summed E-state index contributed by atoms with van der Waals surface area (Å²) in [5.41, 5.74) is 1.20. The van der Waals surface area contributed by atoms with Crippen LogP contribution in [-0.4, -0.2) is 23.2 Å². The van der Waals surface area contributed by atoms with Gasteiger partial charge in [-0.2, -0.15) is 0 Å². The zero-order valence-corrected chi connectivity index (χ0v) is 12.5. The van der Waals surface area contributed by atoms with Crippen molar-refractivity contribution in [2.45, 2.75) is 32.7 Å². The SMILES string of the molecule is CCC(C)(CO)NC(=O)c1cccc(C)c1I. The third-order valence-corrected chi connectivity index (χ3v) is 4.41. The molecule has 0 heterocycles. The van der Waals surface area contributed by atoms with E-state index in [0.717, 1.165) is 9.13 Å². The van der Waals surface area contributed by atoms with Gasteiger partial charge in [-0.25, -0.2) is 0 Å². The minimum absolute atomic E-state index is 0.0579. The number of hydrogen-bond donors (Lipinski definition) is 2. The van der Waals surface area contributed by atoms with Crippen molar-refractivity contribution in [3.63, 3.8) is 0 Å². The molecule has 1 atom stereocenters. The Morgan fingerprint density at radius 3 is 2.71 bits per heavy atom. The van der Waals surface area contributed by atoms with Crippen molar-refractivity contribution in [2.75, 3.05) is 6.61 Å². The van der Waals surface area contributed by atoms with Crippen LogP contribution in [-0.2, 0) is 0 Å². The first-order valence-electron chi connectivity index (χ1n) is 5.62. The third-order valence-electron chi connectivity index (χ3n) is 2.98. The summed E-state index contributed by atoms with van der Waals surface area (Å²) in [4.78, 5) is 12.1. The third kappa shape index (κ3) is 3.42. The molecule has 0 aliphatic rings. The Bertz CT molecular complexity index is 414. The maximum atomic E-state index is 12.1. The van der Waals surface area contributed by atoms with Crippen molar-refractivity contribution >= 4 is 28.5 Å². The van der Waals surface area contributed by atoms with Gasteiger partial charge in [-0.1, -0.05) is 19.1 Å². The van der Waals surface area contributed by atoms with Crippen LogP contribution in [0.15, 0.2) is 18.2 Å². The summed E-state index contributed by atoms with van der Waals surface area (Å²) in [5.74, 6) is -0.128. The van der Waals surface area contributed by atoms with E-state index in [9.17, 15) is 9.90 Å². The zero-order chi connectivity index (χ0) is 13.1. The quantitative estimate of drug-likeness (QED) is 0.823. The predicted octanol–water partition coefficient (Wildman–Crippen LogP) is 2.49. The van der Waals surface area contributed by atoms with Crippen LogP contribution in [0.3, 0.4) is 0 Å². The maximum Gasteiger partial charge on any atom is 0.252 e. The van der Waals surface area contributed by atoms with Gasteiger partial charge in [0.2, 0.25) is 0 Å². The molecular weight excluding hydrogens is 329 g/mol. The molecule has 94 valence electrons. The number of aryl methyl sites for hydroxylation is 1. The van der Waals surface area contributed by atoms with Crippen LogP contribution >= 0.6 is 22.6 Å². The number of benzene rings is 1. The standard InChI is InChI=1S/C13H18INO2/c1-4-13(3,8-16)15-12(17)10-7-5-6-9(2)11(10)14/h5-7,16H,4,8H2,1-3H3,(H,15,17). The van der Waals surface area contributed by atoms with Crippen molar-refractivity contribution in [1.82, 2.24) is 5.32 Å². The number of aliphatic hydroxyl groups is 1. The smallest absolute Gasteiger partial charge is 0.252 e. The van der Waals surface area contributed by atoms with E-state index >= 15 is 0 Å². The van der Waals surface area contributed by atoms with Crippen LogP contribution in [0.4, 0.5) is 0 Å². The molecule has 0 aromatic heterocycles. The largest absolute Gasteiger partial charge is 0.394 e. The first-order valence-corrected chi connectivity index (χ1v) is 6.70. The van der Waals surface area contributed by atoms with Gasteiger partial charge >= 0.3 is 0 Å². The molecule has 1 amide bonds. The molecule has 0 spiro atoms. The Morgan fingerprint density at radius 1 is 1.53 bits per heavy atom. The Balaban J connectivity index is 2.94. The highest BCUT2D eigenvalue weighted by molar-refractivity contribution is 14.1. The molecule has 1 aromatic carbocycles. The van der Waals surface area contributed by atoms with Crippen molar-refractivity contribution in [3.8, 4) is 0 Å². The van der Waals surface area contributed by atoms with Gasteiger partial charge in [-0.3, -0.25) is 4.79 Å². The van der Waals surface area contributed by atoms with Crippen molar-refractivity contribution in [2.24, 2.45) is 0 Å². The molecule has 0 fully saturated rings. The van der Waals surface area contributed by atoms with Crippen LogP contribution in [0.25, 0.3) is 0 Å². The second kappa shape index (κ2) is 5.82. The van der Waals surface area contributed by atoms with E-state index in [0.29, 0.717) is 12.0 Å². The fourth-order valence-corrected chi connectivity index (χ4v) is 2.01. The molecular formula is C13H18INO2. The molecule has 1 unspecified atom stereocenters. The number of aliphatic hydroxyl groups excluding tert-OH is 1. The van der Waals surface area contributed by atoms with Gasteiger partial charge in [-0.15, -0.1) is 0 Å². The fourth-order valence-electron chi connectivity index (χ4n) is 1.40. The van der Waals surface area contributed by atoms with E-state index in [1.807, 2.05) is 32.9 Å². The van der Waals surface area contributed by atoms with Crippen molar-refractivity contribution in [3.05, 3.63) is 32.9 Å². The second-order valence-corrected chi connectivity index (χ2v) is 5.54. The normalized spacial score (nSPS) is 14.2. The lowest BCUT2D eigenvalue weighted by atomic mass is 9.99. The number of hydrogen-bond acceptors (Lipinski definition) is 2. The topological polar surface area (TPSA) is 49.3 Å². The summed E-state index contributed by atoms with van der Waals surface area (Å²) in [7, 11) is 0. The molecule has 0 saturated heterocycles. The summed E-state index contributed by atoms with van der Waals surface area (Å²) in [5, 5.41) is 12.2. The van der Waals surface area contributed by atoms with Gasteiger partial charge in [0.25, 0.3) is 5.91 Å². The first kappa shape index (κ1) is 14.4. The number of amides is 1. The molecule has 17 heavy (non-hydrogen) atoms. The molecule has 0 aliphatic heterocycles. The average molecular weight is 347 g/mol. The zero-order valence-electron chi connectivity index (χ0n) is 10.4. The minimum Gasteiger partial charge on any atom is -0.394 e. The van der Waals surface area contributed by atoms with E-state index < -0.39 is 5.54 Å². The lowest BCUT2D eigenvalue weighted by Crippen LogP contribution is -2.48. The highest BCUT2D eigenvalue weighted by Crippen LogP contribution is 2.18. The van der Waals surface area contributed by atoms with Crippen LogP contribution in [0.2, 0.25) is 0 Å². The van der Waals surface area contributed by atoms with Crippen LogP contribution in [0.5, 0.6) is 0 Å². The summed E-state index contributed by atoms with van der Waals surface area (Å²) >= 11 is 2.17. The second-order valence-electron chi connectivity index (χ2n) is 4.46. The maximum absolute atomic E-state index is 12.1. The number of nitrogens with one attached hydrogen (secondary N) is 1. The summed E-state index contributed by atoms with van der Waals surface area (Å²) < 4.78 is 0.957. The lowest BCUT2D eigenvalue weighted by molar-refractivity contribution is 0.0846. The monoisotopic (exact) mass is 347 g/mol. The number of carbonyl (C=O) groups excluding carboxylic acids is 1. The van der Waals surface area contributed by atoms with Gasteiger partial charge in [0.05, 0.1) is 17.7 Å². The fraction of sp³-hybridized carbons (Fsp3) is 0.462. The molecule has 1 rings (SSSR count). The van der Waals surface area contributed by atoms with Gasteiger partial charge in [-0.05, 0) is 54.5 Å². The summed E-state index contributed by atoms with van der Waals surface area (Å²) in [6.45, 7) is 5.70. The Hall–Kier alpha value is -0.620. The van der Waals surface area contributed by atoms with Crippen molar-refractivity contribution < 1.29 is 9.90 Å². The van der Waals surface area contributed by atoms with Crippen LogP contribution in [0.1, 0.15) is 36.2 Å². The molecule has 4 heteroatoms. The Morgan fingerprint density at radius 2 is 2.18 bits per heavy atom. The van der Waals surface area contributed by atoms with Crippen LogP contribution in [0, 0.1) is 10.5 Å². The number of rotatable bonds is 4. The summed E-state index contributed by atoms with van der Waals surface area (Å²) in [6.07, 6.45) is 0.692. The van der Waals surface area contributed by atoms with Gasteiger partial charge in [0.15, 0.2) is 0 Å². The number of carbonyl (C=O) groups is 1. The van der Waals surface area contributed by atoms with Crippen molar-refractivity contribution in [1.29, 1.82) is 0 Å². The van der Waals surface area contributed by atoms with Gasteiger partial charge in [0, 0.05) is 3.57 Å². The van der Waals surface area contributed by atoms with E-state index in [1.54, 1.807) is 6.07 Å². The van der Waals surface area contributed by atoms with E-state index in [1.165, 1.54) is 0 Å². The number of halogens is 1. The molecule has 3 nitrogen and oxygen atoms in total. The molecule has 0 radical (unpaired) electrons. The molecule has 0 bridgehead atoms. The van der Waals surface area contributed by atoms with E-state index in [-0.39, 0.29) is 12.5 Å².